The molecule has 0 bridgehead atoms. The minimum absolute atomic E-state index is 0.877. The third-order valence-corrected chi connectivity index (χ3v) is 9.80. The molecular weight excluding hydrogens is 621 g/mol. The van der Waals surface area contributed by atoms with Crippen molar-refractivity contribution < 1.29 is 0 Å². The molecule has 0 saturated carbocycles. The molecule has 3 aromatic heterocycles. The molecule has 0 spiro atoms. The van der Waals surface area contributed by atoms with Gasteiger partial charge in [0.15, 0.2) is 0 Å². The third-order valence-electron chi connectivity index (χ3n) is 9.80. The minimum Gasteiger partial charge on any atom is -0.245 e. The Balaban J connectivity index is 1.26. The molecule has 0 atom stereocenters. The Hall–Kier alpha value is -6.91. The number of hydrogen-bond donors (Lipinski definition) is 0. The van der Waals surface area contributed by atoms with Gasteiger partial charge in [-0.15, -0.1) is 0 Å². The van der Waals surface area contributed by atoms with Crippen LogP contribution in [-0.2, 0) is 0 Å². The van der Waals surface area contributed by atoms with E-state index in [0.29, 0.717) is 0 Å². The number of pyridine rings is 2. The highest BCUT2D eigenvalue weighted by molar-refractivity contribution is 6.18. The maximum atomic E-state index is 5.49. The van der Waals surface area contributed by atoms with E-state index in [0.717, 1.165) is 88.7 Å². The molecule has 238 valence electrons. The molecule has 0 radical (unpaired) electrons. The Kier molecular flexibility index (Phi) is 6.78. The first-order chi connectivity index (χ1) is 25.3. The standard InChI is InChI=1S/C47H30N4/c1-4-14-31(15-5-1)40-30-35-18-10-11-21-37(35)47-43(40)46(50-51(47)36-19-8-3-9-20-36)39-23-13-12-22-38(39)42-29-27-34-25-24-33-26-28-41(32-16-6-2-7-17-32)48-44(33)45(34)49-42/h1-30H. The van der Waals surface area contributed by atoms with Crippen LogP contribution in [0.1, 0.15) is 0 Å². The van der Waals surface area contributed by atoms with Crippen LogP contribution >= 0.6 is 0 Å². The lowest BCUT2D eigenvalue weighted by Gasteiger charge is -2.12. The summed E-state index contributed by atoms with van der Waals surface area (Å²) in [5.41, 5.74) is 12.0. The van der Waals surface area contributed by atoms with Crippen molar-refractivity contribution in [3.63, 3.8) is 0 Å². The number of para-hydroxylation sites is 1. The van der Waals surface area contributed by atoms with Crippen LogP contribution in [0.5, 0.6) is 0 Å². The van der Waals surface area contributed by atoms with Gasteiger partial charge in [-0.05, 0) is 46.8 Å². The number of hydrogen-bond acceptors (Lipinski definition) is 3. The van der Waals surface area contributed by atoms with Crippen LogP contribution in [0.25, 0.3) is 94.1 Å². The largest absolute Gasteiger partial charge is 0.245 e. The quantitative estimate of drug-likeness (QED) is 0.174. The molecule has 4 nitrogen and oxygen atoms in total. The summed E-state index contributed by atoms with van der Waals surface area (Å²) in [6.45, 7) is 0. The van der Waals surface area contributed by atoms with Crippen LogP contribution in [0.2, 0.25) is 0 Å². The number of nitrogens with zero attached hydrogens (tertiary/aromatic N) is 4. The smallest absolute Gasteiger partial charge is 0.102 e. The zero-order chi connectivity index (χ0) is 33.7. The second-order valence-electron chi connectivity index (χ2n) is 12.8. The summed E-state index contributed by atoms with van der Waals surface area (Å²) in [5.74, 6) is 0. The molecule has 0 N–H and O–H groups in total. The van der Waals surface area contributed by atoms with E-state index in [1.807, 2.05) is 24.3 Å². The van der Waals surface area contributed by atoms with Crippen LogP contribution in [0, 0.1) is 0 Å². The van der Waals surface area contributed by atoms with Crippen LogP contribution in [0.4, 0.5) is 0 Å². The third kappa shape index (κ3) is 4.88. The van der Waals surface area contributed by atoms with Crippen molar-refractivity contribution in [3.8, 4) is 50.6 Å². The van der Waals surface area contributed by atoms with Crippen molar-refractivity contribution in [2.45, 2.75) is 0 Å². The van der Waals surface area contributed by atoms with Gasteiger partial charge in [-0.1, -0.05) is 152 Å². The molecule has 0 aliphatic rings. The molecule has 0 amide bonds. The van der Waals surface area contributed by atoms with Crippen molar-refractivity contribution in [3.05, 3.63) is 182 Å². The fourth-order valence-corrected chi connectivity index (χ4v) is 7.38. The maximum absolute atomic E-state index is 5.49. The van der Waals surface area contributed by atoms with E-state index in [2.05, 4.69) is 162 Å². The number of benzene rings is 7. The molecule has 0 aliphatic heterocycles. The summed E-state index contributed by atoms with van der Waals surface area (Å²) in [6, 6.07) is 63.6. The van der Waals surface area contributed by atoms with E-state index in [4.69, 9.17) is 15.1 Å². The zero-order valence-electron chi connectivity index (χ0n) is 27.6. The van der Waals surface area contributed by atoms with Crippen molar-refractivity contribution in [2.75, 3.05) is 0 Å². The van der Waals surface area contributed by atoms with E-state index < -0.39 is 0 Å². The zero-order valence-corrected chi connectivity index (χ0v) is 27.6. The summed E-state index contributed by atoms with van der Waals surface area (Å²) in [6.07, 6.45) is 0. The lowest BCUT2D eigenvalue weighted by Crippen LogP contribution is -1.97. The highest BCUT2D eigenvalue weighted by Gasteiger charge is 2.23. The van der Waals surface area contributed by atoms with Gasteiger partial charge in [0, 0.05) is 38.2 Å². The molecule has 3 heterocycles. The van der Waals surface area contributed by atoms with E-state index in [-0.39, 0.29) is 0 Å². The van der Waals surface area contributed by atoms with Gasteiger partial charge in [0.1, 0.15) is 5.69 Å². The summed E-state index contributed by atoms with van der Waals surface area (Å²) < 4.78 is 2.12. The summed E-state index contributed by atoms with van der Waals surface area (Å²) in [7, 11) is 0. The maximum Gasteiger partial charge on any atom is 0.102 e. The fourth-order valence-electron chi connectivity index (χ4n) is 7.38. The topological polar surface area (TPSA) is 43.6 Å². The van der Waals surface area contributed by atoms with E-state index >= 15 is 0 Å². The second kappa shape index (κ2) is 11.9. The Morgan fingerprint density at radius 3 is 1.67 bits per heavy atom. The van der Waals surface area contributed by atoms with Crippen molar-refractivity contribution in [2.24, 2.45) is 0 Å². The number of aromatic nitrogens is 4. The lowest BCUT2D eigenvalue weighted by molar-refractivity contribution is 0.918. The first kappa shape index (κ1) is 29.0. The molecule has 0 saturated heterocycles. The van der Waals surface area contributed by atoms with Crippen molar-refractivity contribution in [1.29, 1.82) is 0 Å². The first-order valence-corrected chi connectivity index (χ1v) is 17.2. The Bertz CT molecular complexity index is 2900. The Morgan fingerprint density at radius 2 is 0.941 bits per heavy atom. The van der Waals surface area contributed by atoms with Crippen LogP contribution in [0.15, 0.2) is 182 Å². The fraction of sp³-hybridized carbons (Fsp3) is 0. The van der Waals surface area contributed by atoms with Crippen LogP contribution in [-0.4, -0.2) is 19.7 Å². The van der Waals surface area contributed by atoms with Gasteiger partial charge in [-0.3, -0.25) is 0 Å². The molecule has 10 rings (SSSR count). The minimum atomic E-state index is 0.877. The van der Waals surface area contributed by atoms with Gasteiger partial charge in [0.2, 0.25) is 0 Å². The van der Waals surface area contributed by atoms with Gasteiger partial charge in [-0.25, -0.2) is 14.6 Å². The molecule has 51 heavy (non-hydrogen) atoms. The molecule has 0 unspecified atom stereocenters. The summed E-state index contributed by atoms with van der Waals surface area (Å²) in [4.78, 5) is 10.5. The monoisotopic (exact) mass is 650 g/mol. The summed E-state index contributed by atoms with van der Waals surface area (Å²) >= 11 is 0. The van der Waals surface area contributed by atoms with Crippen molar-refractivity contribution >= 4 is 43.5 Å². The van der Waals surface area contributed by atoms with E-state index in [1.165, 1.54) is 5.39 Å². The molecule has 0 fully saturated rings. The summed E-state index contributed by atoms with van der Waals surface area (Å²) in [5, 5.41) is 11.0. The van der Waals surface area contributed by atoms with Gasteiger partial charge in [-0.2, -0.15) is 5.10 Å². The highest BCUT2D eigenvalue weighted by atomic mass is 15.3. The van der Waals surface area contributed by atoms with Crippen molar-refractivity contribution in [1.82, 2.24) is 19.7 Å². The molecule has 10 aromatic rings. The van der Waals surface area contributed by atoms with E-state index in [9.17, 15) is 0 Å². The molecule has 7 aromatic carbocycles. The lowest BCUT2D eigenvalue weighted by atomic mass is 9.92. The van der Waals surface area contributed by atoms with Gasteiger partial charge in [0.25, 0.3) is 0 Å². The average molecular weight is 651 g/mol. The van der Waals surface area contributed by atoms with E-state index in [1.54, 1.807) is 0 Å². The Morgan fingerprint density at radius 1 is 0.392 bits per heavy atom. The van der Waals surface area contributed by atoms with Gasteiger partial charge in [0.05, 0.1) is 33.6 Å². The molecule has 4 heteroatoms. The van der Waals surface area contributed by atoms with Gasteiger partial charge < -0.3 is 0 Å². The normalized spacial score (nSPS) is 11.5. The van der Waals surface area contributed by atoms with Crippen LogP contribution in [0.3, 0.4) is 0 Å². The number of fused-ring (bicyclic) bond motifs is 6. The highest BCUT2D eigenvalue weighted by Crippen LogP contribution is 2.44. The molecular formula is C47H30N4. The number of rotatable bonds is 5. The molecule has 0 aliphatic carbocycles. The predicted octanol–water partition coefficient (Wildman–Crippen LogP) is 11.9. The predicted molar refractivity (Wildman–Crippen MR) is 211 cm³/mol. The van der Waals surface area contributed by atoms with Gasteiger partial charge >= 0.3 is 0 Å². The Labute approximate surface area is 294 Å². The SMILES string of the molecule is c1ccc(-c2ccc3ccc4ccc(-c5ccccc5-c5nn(-c6ccccc6)c6c5c(-c5ccccc5)cc5ccccc56)nc4c3n2)cc1. The second-order valence-corrected chi connectivity index (χ2v) is 12.8. The average Bonchev–Trinajstić information content (AvgIpc) is 3.62. The van der Waals surface area contributed by atoms with Crippen LogP contribution < -0.4 is 0 Å². The first-order valence-electron chi connectivity index (χ1n) is 17.2.